The molecule has 110 valence electrons. The van der Waals surface area contributed by atoms with Gasteiger partial charge in [0.05, 0.1) is 0 Å². The van der Waals surface area contributed by atoms with E-state index in [-0.39, 0.29) is 12.8 Å². The van der Waals surface area contributed by atoms with Gasteiger partial charge in [-0.3, -0.25) is 0 Å². The van der Waals surface area contributed by atoms with Crippen molar-refractivity contribution in [2.24, 2.45) is 0 Å². The Morgan fingerprint density at radius 2 is 2.14 bits per heavy atom. The minimum absolute atomic E-state index is 0.186. The molecule has 0 saturated heterocycles. The first-order chi connectivity index (χ1) is 10.3. The summed E-state index contributed by atoms with van der Waals surface area (Å²) >= 11 is 0. The smallest absolute Gasteiger partial charge is 0.231 e. The molecule has 0 aliphatic carbocycles. The minimum Gasteiger partial charge on any atom is -0.473 e. The second kappa shape index (κ2) is 6.01. The number of hydrogen-bond acceptors (Lipinski definition) is 5. The molecule has 1 aromatic heterocycles. The summed E-state index contributed by atoms with van der Waals surface area (Å²) in [5.41, 5.74) is 2.06. The molecule has 0 bridgehead atoms. The molecule has 0 spiro atoms. The summed E-state index contributed by atoms with van der Waals surface area (Å²) in [5.74, 6) is 2.19. The molecule has 0 radical (unpaired) electrons. The van der Waals surface area contributed by atoms with Crippen molar-refractivity contribution in [3.63, 3.8) is 0 Å². The van der Waals surface area contributed by atoms with E-state index in [0.29, 0.717) is 12.5 Å². The van der Waals surface area contributed by atoms with Crippen LogP contribution in [0.15, 0.2) is 36.5 Å². The van der Waals surface area contributed by atoms with Gasteiger partial charge >= 0.3 is 0 Å². The quantitative estimate of drug-likeness (QED) is 0.915. The van der Waals surface area contributed by atoms with Gasteiger partial charge in [-0.15, -0.1) is 0 Å². The number of nitrogens with one attached hydrogen (secondary N) is 1. The van der Waals surface area contributed by atoms with Gasteiger partial charge in [0.1, 0.15) is 6.61 Å². The first-order valence-corrected chi connectivity index (χ1v) is 6.91. The number of pyridine rings is 1. The lowest BCUT2D eigenvalue weighted by molar-refractivity contribution is 0.174. The molecule has 3 rings (SSSR count). The number of aromatic nitrogens is 1. The molecule has 2 heterocycles. The predicted octanol–water partition coefficient (Wildman–Crippen LogP) is 2.67. The van der Waals surface area contributed by atoms with Crippen LogP contribution in [0.2, 0.25) is 0 Å². The standard InChI is InChI=1S/C16H18N2O3/c1-11(17-2)13-4-3-7-18-16(13)19-9-12-5-6-14-15(8-12)21-10-20-14/h3-8,11,17H,9-10H2,1-2H3. The zero-order valence-electron chi connectivity index (χ0n) is 12.1. The van der Waals surface area contributed by atoms with Crippen molar-refractivity contribution in [1.82, 2.24) is 10.3 Å². The van der Waals surface area contributed by atoms with Crippen molar-refractivity contribution >= 4 is 0 Å². The summed E-state index contributed by atoms with van der Waals surface area (Å²) in [6.45, 7) is 2.80. The fourth-order valence-corrected chi connectivity index (χ4v) is 2.19. The van der Waals surface area contributed by atoms with E-state index in [0.717, 1.165) is 22.6 Å². The summed E-state index contributed by atoms with van der Waals surface area (Å²) < 4.78 is 16.5. The lowest BCUT2D eigenvalue weighted by atomic mass is 10.1. The van der Waals surface area contributed by atoms with Gasteiger partial charge < -0.3 is 19.5 Å². The molecular weight excluding hydrogens is 268 g/mol. The van der Waals surface area contributed by atoms with Crippen LogP contribution in [0, 0.1) is 0 Å². The molecule has 5 heteroatoms. The zero-order chi connectivity index (χ0) is 14.7. The highest BCUT2D eigenvalue weighted by Crippen LogP contribution is 2.33. The first-order valence-electron chi connectivity index (χ1n) is 6.91. The molecule has 1 aliphatic heterocycles. The predicted molar refractivity (Wildman–Crippen MR) is 78.6 cm³/mol. The fraction of sp³-hybridized carbons (Fsp3) is 0.312. The average Bonchev–Trinajstić information content (AvgIpc) is 3.00. The Labute approximate surface area is 123 Å². The number of fused-ring (bicyclic) bond motifs is 1. The van der Waals surface area contributed by atoms with Crippen molar-refractivity contribution in [2.45, 2.75) is 19.6 Å². The highest BCUT2D eigenvalue weighted by molar-refractivity contribution is 5.44. The van der Waals surface area contributed by atoms with Crippen LogP contribution in [0.4, 0.5) is 0 Å². The SMILES string of the molecule is CNC(C)c1cccnc1OCc1ccc2c(c1)OCO2. The fourth-order valence-electron chi connectivity index (χ4n) is 2.19. The van der Waals surface area contributed by atoms with Crippen LogP contribution in [0.3, 0.4) is 0 Å². The molecule has 5 nitrogen and oxygen atoms in total. The molecule has 2 aromatic rings. The number of nitrogens with zero attached hydrogens (tertiary/aromatic N) is 1. The highest BCUT2D eigenvalue weighted by atomic mass is 16.7. The molecule has 1 atom stereocenters. The lowest BCUT2D eigenvalue weighted by Crippen LogP contribution is -2.14. The zero-order valence-corrected chi connectivity index (χ0v) is 12.1. The van der Waals surface area contributed by atoms with Gasteiger partial charge in [0.2, 0.25) is 12.7 Å². The van der Waals surface area contributed by atoms with Gasteiger partial charge in [0.25, 0.3) is 0 Å². The van der Waals surface area contributed by atoms with Gasteiger partial charge in [-0.25, -0.2) is 4.98 Å². The van der Waals surface area contributed by atoms with E-state index < -0.39 is 0 Å². The van der Waals surface area contributed by atoms with E-state index in [4.69, 9.17) is 14.2 Å². The third-order valence-electron chi connectivity index (χ3n) is 3.51. The van der Waals surface area contributed by atoms with Gasteiger partial charge in [-0.2, -0.15) is 0 Å². The maximum absolute atomic E-state index is 5.86. The van der Waals surface area contributed by atoms with Gasteiger partial charge in [-0.05, 0) is 37.7 Å². The normalized spacial score (nSPS) is 14.0. The Morgan fingerprint density at radius 3 is 3.00 bits per heavy atom. The van der Waals surface area contributed by atoms with Crippen LogP contribution in [0.25, 0.3) is 0 Å². The molecule has 0 fully saturated rings. The van der Waals surface area contributed by atoms with Crippen molar-refractivity contribution in [1.29, 1.82) is 0 Å². The third-order valence-corrected chi connectivity index (χ3v) is 3.51. The van der Waals surface area contributed by atoms with Crippen LogP contribution in [0.5, 0.6) is 17.4 Å². The number of benzene rings is 1. The third kappa shape index (κ3) is 2.92. The highest BCUT2D eigenvalue weighted by Gasteiger charge is 2.14. The summed E-state index contributed by atoms with van der Waals surface area (Å²) in [6, 6.07) is 9.92. The van der Waals surface area contributed by atoms with E-state index in [1.54, 1.807) is 6.20 Å². The minimum atomic E-state index is 0.186. The second-order valence-corrected chi connectivity index (χ2v) is 4.88. The lowest BCUT2D eigenvalue weighted by Gasteiger charge is -2.15. The summed E-state index contributed by atoms with van der Waals surface area (Å²) in [7, 11) is 1.92. The van der Waals surface area contributed by atoms with Crippen LogP contribution in [-0.4, -0.2) is 18.8 Å². The molecule has 0 amide bonds. The van der Waals surface area contributed by atoms with Crippen LogP contribution < -0.4 is 19.5 Å². The molecule has 0 saturated carbocycles. The number of rotatable bonds is 5. The number of ether oxygens (including phenoxy) is 3. The first kappa shape index (κ1) is 13.7. The summed E-state index contributed by atoms with van der Waals surface area (Å²) in [6.07, 6.45) is 1.74. The van der Waals surface area contributed by atoms with E-state index >= 15 is 0 Å². The van der Waals surface area contributed by atoms with Gasteiger partial charge in [-0.1, -0.05) is 12.1 Å². The van der Waals surface area contributed by atoms with E-state index in [2.05, 4.69) is 17.2 Å². The Bertz CT molecular complexity index is 631. The van der Waals surface area contributed by atoms with Crippen LogP contribution in [-0.2, 0) is 6.61 Å². The Balaban J connectivity index is 1.73. The summed E-state index contributed by atoms with van der Waals surface area (Å²) in [4.78, 5) is 4.32. The Morgan fingerprint density at radius 1 is 1.29 bits per heavy atom. The topological polar surface area (TPSA) is 52.6 Å². The molecule has 21 heavy (non-hydrogen) atoms. The van der Waals surface area contributed by atoms with Crippen LogP contribution in [0.1, 0.15) is 24.1 Å². The van der Waals surface area contributed by atoms with E-state index in [1.807, 2.05) is 37.4 Å². The van der Waals surface area contributed by atoms with E-state index in [1.165, 1.54) is 0 Å². The monoisotopic (exact) mass is 286 g/mol. The van der Waals surface area contributed by atoms with Gasteiger partial charge in [0.15, 0.2) is 11.5 Å². The molecule has 1 aromatic carbocycles. The molecular formula is C16H18N2O3. The van der Waals surface area contributed by atoms with Crippen molar-refractivity contribution < 1.29 is 14.2 Å². The average molecular weight is 286 g/mol. The maximum atomic E-state index is 5.86. The molecule has 1 aliphatic rings. The van der Waals surface area contributed by atoms with Gasteiger partial charge in [0, 0.05) is 17.8 Å². The Hall–Kier alpha value is -2.27. The van der Waals surface area contributed by atoms with Crippen LogP contribution >= 0.6 is 0 Å². The van der Waals surface area contributed by atoms with E-state index in [9.17, 15) is 0 Å². The largest absolute Gasteiger partial charge is 0.473 e. The summed E-state index contributed by atoms with van der Waals surface area (Å²) in [5, 5.41) is 3.20. The second-order valence-electron chi connectivity index (χ2n) is 4.88. The number of hydrogen-bond donors (Lipinski definition) is 1. The molecule has 1 N–H and O–H groups in total. The van der Waals surface area contributed by atoms with Crippen molar-refractivity contribution in [2.75, 3.05) is 13.8 Å². The van der Waals surface area contributed by atoms with Crippen molar-refractivity contribution in [3.8, 4) is 17.4 Å². The Kier molecular flexibility index (Phi) is 3.92. The molecule has 1 unspecified atom stereocenters. The maximum Gasteiger partial charge on any atom is 0.231 e. The van der Waals surface area contributed by atoms with Crippen molar-refractivity contribution in [3.05, 3.63) is 47.7 Å².